The van der Waals surface area contributed by atoms with Gasteiger partial charge in [-0.15, -0.1) is 0 Å². The Morgan fingerprint density at radius 1 is 0.893 bits per heavy atom. The zero-order valence-electron chi connectivity index (χ0n) is 15.1. The van der Waals surface area contributed by atoms with Crippen molar-refractivity contribution in [2.24, 2.45) is 4.99 Å². The van der Waals surface area contributed by atoms with Gasteiger partial charge in [0, 0.05) is 14.5 Å². The molecule has 1 aliphatic heterocycles. The Morgan fingerprint density at radius 3 is 2.29 bits per heavy atom. The molecule has 0 aliphatic carbocycles. The standard InChI is InChI=1S/C23H16Br2N2O/c1-15-5-7-16(8-6-15)13-21-23(28)27(20-4-2-3-19(25)14-20)22(26-21)17-9-11-18(24)12-10-17/h2-14H,1H3/b21-13+. The molecule has 0 radical (unpaired) electrons. The molecule has 0 unspecified atom stereocenters. The number of amidine groups is 1. The summed E-state index contributed by atoms with van der Waals surface area (Å²) in [7, 11) is 0. The number of carbonyl (C=O) groups is 1. The molecule has 3 aromatic rings. The van der Waals surface area contributed by atoms with E-state index in [0.717, 1.165) is 25.8 Å². The molecule has 3 aromatic carbocycles. The van der Waals surface area contributed by atoms with Gasteiger partial charge in [-0.3, -0.25) is 9.69 Å². The topological polar surface area (TPSA) is 32.7 Å². The summed E-state index contributed by atoms with van der Waals surface area (Å²) >= 11 is 6.95. The first-order valence-electron chi connectivity index (χ1n) is 8.74. The molecular weight excluding hydrogens is 480 g/mol. The van der Waals surface area contributed by atoms with Gasteiger partial charge in [0.05, 0.1) is 5.69 Å². The Hall–Kier alpha value is -2.50. The lowest BCUT2D eigenvalue weighted by Crippen LogP contribution is -2.32. The van der Waals surface area contributed by atoms with Crippen molar-refractivity contribution in [1.29, 1.82) is 0 Å². The van der Waals surface area contributed by atoms with Gasteiger partial charge >= 0.3 is 0 Å². The molecule has 138 valence electrons. The number of amides is 1. The number of aliphatic imine (C=N–C) groups is 1. The third-order valence-corrected chi connectivity index (χ3v) is 5.43. The van der Waals surface area contributed by atoms with Crippen molar-refractivity contribution < 1.29 is 4.79 Å². The Kier molecular flexibility index (Phi) is 5.29. The van der Waals surface area contributed by atoms with Crippen LogP contribution >= 0.6 is 31.9 Å². The Balaban J connectivity index is 1.82. The quantitative estimate of drug-likeness (QED) is 0.389. The fourth-order valence-corrected chi connectivity index (χ4v) is 3.64. The van der Waals surface area contributed by atoms with Crippen molar-refractivity contribution in [2.75, 3.05) is 4.90 Å². The maximum atomic E-state index is 13.3. The highest BCUT2D eigenvalue weighted by Gasteiger charge is 2.32. The summed E-state index contributed by atoms with van der Waals surface area (Å²) in [5.41, 5.74) is 4.19. The molecule has 0 aromatic heterocycles. The molecular formula is C23H16Br2N2O. The van der Waals surface area contributed by atoms with Crippen molar-refractivity contribution >= 4 is 55.4 Å². The number of rotatable bonds is 3. The van der Waals surface area contributed by atoms with Crippen LogP contribution in [0.5, 0.6) is 0 Å². The van der Waals surface area contributed by atoms with Crippen molar-refractivity contribution in [3.8, 4) is 0 Å². The van der Waals surface area contributed by atoms with Crippen LogP contribution in [0.3, 0.4) is 0 Å². The molecule has 5 heteroatoms. The van der Waals surface area contributed by atoms with Crippen LogP contribution in [0.25, 0.3) is 6.08 Å². The number of benzene rings is 3. The van der Waals surface area contributed by atoms with Crippen LogP contribution in [0.1, 0.15) is 16.7 Å². The summed E-state index contributed by atoms with van der Waals surface area (Å²) in [5, 5.41) is 0. The minimum Gasteiger partial charge on any atom is -0.266 e. The van der Waals surface area contributed by atoms with Crippen molar-refractivity contribution in [3.05, 3.63) is 104 Å². The highest BCUT2D eigenvalue weighted by Crippen LogP contribution is 2.30. The largest absolute Gasteiger partial charge is 0.282 e. The van der Waals surface area contributed by atoms with Crippen LogP contribution < -0.4 is 4.90 Å². The number of anilines is 1. The van der Waals surface area contributed by atoms with Gasteiger partial charge in [-0.25, -0.2) is 4.99 Å². The van der Waals surface area contributed by atoms with E-state index in [0.29, 0.717) is 11.5 Å². The van der Waals surface area contributed by atoms with E-state index in [2.05, 4.69) is 31.9 Å². The molecule has 0 N–H and O–H groups in total. The molecule has 0 fully saturated rings. The first-order valence-corrected chi connectivity index (χ1v) is 10.3. The zero-order chi connectivity index (χ0) is 19.7. The van der Waals surface area contributed by atoms with E-state index in [-0.39, 0.29) is 5.91 Å². The van der Waals surface area contributed by atoms with E-state index in [9.17, 15) is 4.79 Å². The summed E-state index contributed by atoms with van der Waals surface area (Å²) in [6.07, 6.45) is 1.83. The molecule has 0 bridgehead atoms. The smallest absolute Gasteiger partial charge is 0.266 e. The number of nitrogens with zero attached hydrogens (tertiary/aromatic N) is 2. The Morgan fingerprint density at radius 2 is 1.61 bits per heavy atom. The second kappa shape index (κ2) is 7.86. The molecule has 0 saturated carbocycles. The van der Waals surface area contributed by atoms with Gasteiger partial charge in [-0.1, -0.05) is 79.9 Å². The van der Waals surface area contributed by atoms with Gasteiger partial charge in [-0.2, -0.15) is 0 Å². The van der Waals surface area contributed by atoms with Gasteiger partial charge in [0.1, 0.15) is 11.5 Å². The van der Waals surface area contributed by atoms with Gasteiger partial charge < -0.3 is 0 Å². The average molecular weight is 496 g/mol. The third-order valence-electron chi connectivity index (χ3n) is 4.41. The first kappa shape index (κ1) is 18.8. The molecule has 4 rings (SSSR count). The second-order valence-electron chi connectivity index (χ2n) is 6.50. The van der Waals surface area contributed by atoms with Crippen molar-refractivity contribution in [2.45, 2.75) is 6.92 Å². The first-order chi connectivity index (χ1) is 13.5. The lowest BCUT2D eigenvalue weighted by molar-refractivity contribution is -0.113. The minimum atomic E-state index is -0.142. The van der Waals surface area contributed by atoms with E-state index in [1.165, 1.54) is 5.56 Å². The van der Waals surface area contributed by atoms with Gasteiger partial charge in [0.25, 0.3) is 5.91 Å². The van der Waals surface area contributed by atoms with Crippen LogP contribution in [0.2, 0.25) is 0 Å². The number of hydrogen-bond acceptors (Lipinski definition) is 2. The minimum absolute atomic E-state index is 0.142. The maximum Gasteiger partial charge on any atom is 0.282 e. The fourth-order valence-electron chi connectivity index (χ4n) is 2.98. The van der Waals surface area contributed by atoms with Gasteiger partial charge in [0.15, 0.2) is 0 Å². The van der Waals surface area contributed by atoms with E-state index >= 15 is 0 Å². The fraction of sp³-hybridized carbons (Fsp3) is 0.0435. The molecule has 0 spiro atoms. The van der Waals surface area contributed by atoms with Gasteiger partial charge in [-0.05, 0) is 48.9 Å². The molecule has 0 atom stereocenters. The summed E-state index contributed by atoms with van der Waals surface area (Å²) < 4.78 is 1.88. The SMILES string of the molecule is Cc1ccc(/C=C2/N=C(c3ccc(Br)cc3)N(c3cccc(Br)c3)C2=O)cc1. The summed E-state index contributed by atoms with van der Waals surface area (Å²) in [6, 6.07) is 23.5. The average Bonchev–Trinajstić information content (AvgIpc) is 3.00. The van der Waals surface area contributed by atoms with Gasteiger partial charge in [0.2, 0.25) is 0 Å². The molecule has 1 aliphatic rings. The molecule has 0 saturated heterocycles. The highest BCUT2D eigenvalue weighted by molar-refractivity contribution is 9.10. The number of aryl methyl sites for hydroxylation is 1. The lowest BCUT2D eigenvalue weighted by atomic mass is 10.1. The van der Waals surface area contributed by atoms with Crippen LogP contribution in [-0.4, -0.2) is 11.7 Å². The summed E-state index contributed by atoms with van der Waals surface area (Å²) in [4.78, 5) is 19.6. The van der Waals surface area contributed by atoms with E-state index in [1.54, 1.807) is 4.90 Å². The van der Waals surface area contributed by atoms with Crippen LogP contribution in [0.15, 0.2) is 92.4 Å². The van der Waals surface area contributed by atoms with Crippen LogP contribution in [0.4, 0.5) is 5.69 Å². The summed E-state index contributed by atoms with van der Waals surface area (Å²) in [5.74, 6) is 0.477. The normalized spacial score (nSPS) is 15.2. The lowest BCUT2D eigenvalue weighted by Gasteiger charge is -2.19. The predicted molar refractivity (Wildman–Crippen MR) is 121 cm³/mol. The number of carbonyl (C=O) groups excluding carboxylic acids is 1. The maximum absolute atomic E-state index is 13.3. The molecule has 28 heavy (non-hydrogen) atoms. The Bertz CT molecular complexity index is 1100. The second-order valence-corrected chi connectivity index (χ2v) is 8.33. The number of halogens is 2. The predicted octanol–water partition coefficient (Wildman–Crippen LogP) is 6.35. The monoisotopic (exact) mass is 494 g/mol. The Labute approximate surface area is 180 Å². The zero-order valence-corrected chi connectivity index (χ0v) is 18.2. The van der Waals surface area contributed by atoms with E-state index in [1.807, 2.05) is 85.8 Å². The van der Waals surface area contributed by atoms with E-state index < -0.39 is 0 Å². The van der Waals surface area contributed by atoms with Crippen molar-refractivity contribution in [1.82, 2.24) is 0 Å². The highest BCUT2D eigenvalue weighted by atomic mass is 79.9. The summed E-state index contributed by atoms with van der Waals surface area (Å²) in [6.45, 7) is 2.04. The van der Waals surface area contributed by atoms with Crippen LogP contribution in [0, 0.1) is 6.92 Å². The number of hydrogen-bond donors (Lipinski definition) is 0. The molecule has 3 nitrogen and oxygen atoms in total. The molecule has 1 amide bonds. The third kappa shape index (κ3) is 3.86. The van der Waals surface area contributed by atoms with Crippen molar-refractivity contribution in [3.63, 3.8) is 0 Å². The van der Waals surface area contributed by atoms with E-state index in [4.69, 9.17) is 4.99 Å². The van der Waals surface area contributed by atoms with Crippen LogP contribution in [-0.2, 0) is 4.79 Å². The molecule has 1 heterocycles.